The summed E-state index contributed by atoms with van der Waals surface area (Å²) in [5.41, 5.74) is 6.30. The molecule has 0 bridgehead atoms. The number of piperazine rings is 1. The fourth-order valence-corrected chi connectivity index (χ4v) is 3.08. The third kappa shape index (κ3) is 5.27. The zero-order valence-electron chi connectivity index (χ0n) is 15.2. The van der Waals surface area contributed by atoms with E-state index in [1.54, 1.807) is 12.0 Å². The largest absolute Gasteiger partial charge is 0.497 e. The zero-order valence-corrected chi connectivity index (χ0v) is 15.2. The van der Waals surface area contributed by atoms with Crippen LogP contribution in [-0.2, 0) is 4.79 Å². The normalized spacial score (nSPS) is 15.8. The second-order valence-electron chi connectivity index (χ2n) is 6.70. The van der Waals surface area contributed by atoms with Gasteiger partial charge in [0.15, 0.2) is 0 Å². The van der Waals surface area contributed by atoms with Gasteiger partial charge in [0, 0.05) is 37.9 Å². The molecule has 1 atom stereocenters. The van der Waals surface area contributed by atoms with Crippen LogP contribution < -0.4 is 20.7 Å². The molecule has 7 heteroatoms. The average molecular weight is 348 g/mol. The summed E-state index contributed by atoms with van der Waals surface area (Å²) < 4.78 is 5.27. The first kappa shape index (κ1) is 18.9. The molecule has 1 aromatic carbocycles. The smallest absolute Gasteiger partial charge is 0.312 e. The lowest BCUT2D eigenvalue weighted by molar-refractivity contribution is -0.133. The van der Waals surface area contributed by atoms with Crippen LogP contribution in [0.4, 0.5) is 10.5 Å². The summed E-state index contributed by atoms with van der Waals surface area (Å²) >= 11 is 0. The van der Waals surface area contributed by atoms with Gasteiger partial charge < -0.3 is 25.6 Å². The highest BCUT2D eigenvalue weighted by atomic mass is 16.5. The van der Waals surface area contributed by atoms with Crippen LogP contribution in [0.25, 0.3) is 0 Å². The van der Waals surface area contributed by atoms with Crippen LogP contribution in [-0.4, -0.2) is 56.2 Å². The molecule has 138 valence electrons. The average Bonchev–Trinajstić information content (AvgIpc) is 2.60. The van der Waals surface area contributed by atoms with Gasteiger partial charge in [-0.15, -0.1) is 0 Å². The molecule has 1 saturated heterocycles. The van der Waals surface area contributed by atoms with Crippen molar-refractivity contribution in [3.8, 4) is 5.75 Å². The first-order valence-corrected chi connectivity index (χ1v) is 8.64. The van der Waals surface area contributed by atoms with Gasteiger partial charge >= 0.3 is 6.03 Å². The van der Waals surface area contributed by atoms with Gasteiger partial charge in [0.2, 0.25) is 5.91 Å². The summed E-state index contributed by atoms with van der Waals surface area (Å²) in [4.78, 5) is 28.0. The number of anilines is 1. The molecule has 3 N–H and O–H groups in total. The maximum atomic E-state index is 12.7. The number of hydrogen-bond donors (Lipinski definition) is 2. The number of nitrogens with two attached hydrogens (primary N) is 1. The van der Waals surface area contributed by atoms with Crippen molar-refractivity contribution in [2.24, 2.45) is 11.7 Å². The highest BCUT2D eigenvalue weighted by molar-refractivity contribution is 5.86. The predicted octanol–water partition coefficient (Wildman–Crippen LogP) is 1.43. The molecule has 1 aliphatic rings. The standard InChI is InChI=1S/C18H28N4O3/c1-13(2)11-16(20-18(19)24)17(23)22-9-7-21(8-10-22)14-5-4-6-15(12-14)25-3/h4-6,12-13,16H,7-11H2,1-3H3,(H3,19,20,24)/t16-/m1/s1. The molecule has 1 aliphatic heterocycles. The Balaban J connectivity index is 1.97. The van der Waals surface area contributed by atoms with Gasteiger partial charge in [-0.3, -0.25) is 4.79 Å². The predicted molar refractivity (Wildman–Crippen MR) is 97.7 cm³/mol. The summed E-state index contributed by atoms with van der Waals surface area (Å²) in [5, 5.41) is 2.58. The van der Waals surface area contributed by atoms with Crippen LogP contribution in [0.2, 0.25) is 0 Å². The fraction of sp³-hybridized carbons (Fsp3) is 0.556. The first-order valence-electron chi connectivity index (χ1n) is 8.64. The van der Waals surface area contributed by atoms with Gasteiger partial charge in [0.1, 0.15) is 11.8 Å². The molecule has 25 heavy (non-hydrogen) atoms. The Labute approximate surface area is 149 Å². The van der Waals surface area contributed by atoms with Gasteiger partial charge in [0.05, 0.1) is 7.11 Å². The second-order valence-corrected chi connectivity index (χ2v) is 6.70. The molecule has 0 spiro atoms. The molecule has 0 saturated carbocycles. The number of methoxy groups -OCH3 is 1. The van der Waals surface area contributed by atoms with Crippen LogP contribution in [0.3, 0.4) is 0 Å². The Morgan fingerprint density at radius 3 is 2.48 bits per heavy atom. The van der Waals surface area contributed by atoms with E-state index in [-0.39, 0.29) is 5.91 Å². The van der Waals surface area contributed by atoms with Gasteiger partial charge in [-0.2, -0.15) is 0 Å². The molecule has 7 nitrogen and oxygen atoms in total. The maximum Gasteiger partial charge on any atom is 0.312 e. The number of hydrogen-bond acceptors (Lipinski definition) is 4. The highest BCUT2D eigenvalue weighted by Crippen LogP contribution is 2.22. The Kier molecular flexibility index (Phi) is 6.50. The first-order chi connectivity index (χ1) is 11.9. The molecule has 1 heterocycles. The van der Waals surface area contributed by atoms with Gasteiger partial charge in [-0.25, -0.2) is 4.79 Å². The summed E-state index contributed by atoms with van der Waals surface area (Å²) in [6, 6.07) is 6.69. The van der Waals surface area contributed by atoms with Crippen LogP contribution in [0.1, 0.15) is 20.3 Å². The van der Waals surface area contributed by atoms with Crippen LogP contribution in [0.15, 0.2) is 24.3 Å². The van der Waals surface area contributed by atoms with Crippen molar-refractivity contribution in [2.75, 3.05) is 38.2 Å². The van der Waals surface area contributed by atoms with Crippen molar-refractivity contribution in [3.63, 3.8) is 0 Å². The van der Waals surface area contributed by atoms with E-state index in [0.717, 1.165) is 24.5 Å². The van der Waals surface area contributed by atoms with Crippen molar-refractivity contribution in [2.45, 2.75) is 26.3 Å². The third-order valence-corrected chi connectivity index (χ3v) is 4.33. The zero-order chi connectivity index (χ0) is 18.4. The number of nitrogens with zero attached hydrogens (tertiary/aromatic N) is 2. The number of primary amides is 1. The van der Waals surface area contributed by atoms with E-state index < -0.39 is 12.1 Å². The molecule has 2 rings (SSSR count). The van der Waals surface area contributed by atoms with Gasteiger partial charge in [-0.05, 0) is 24.5 Å². The van der Waals surface area contributed by atoms with Gasteiger partial charge in [0.25, 0.3) is 0 Å². The van der Waals surface area contributed by atoms with E-state index >= 15 is 0 Å². The topological polar surface area (TPSA) is 87.9 Å². The maximum absolute atomic E-state index is 12.7. The van der Waals surface area contributed by atoms with Crippen molar-refractivity contribution in [1.29, 1.82) is 0 Å². The van der Waals surface area contributed by atoms with Crippen molar-refractivity contribution in [3.05, 3.63) is 24.3 Å². The van der Waals surface area contributed by atoms with Crippen molar-refractivity contribution < 1.29 is 14.3 Å². The van der Waals surface area contributed by atoms with Crippen LogP contribution in [0.5, 0.6) is 5.75 Å². The van der Waals surface area contributed by atoms with Crippen LogP contribution in [0, 0.1) is 5.92 Å². The molecule has 1 aromatic rings. The molecule has 1 fully saturated rings. The molecule has 3 amide bonds. The Hall–Kier alpha value is -2.44. The molecular formula is C18H28N4O3. The molecule has 0 aromatic heterocycles. The number of benzene rings is 1. The van der Waals surface area contributed by atoms with E-state index in [1.165, 1.54) is 0 Å². The minimum Gasteiger partial charge on any atom is -0.497 e. The molecule has 0 aliphatic carbocycles. The monoisotopic (exact) mass is 348 g/mol. The lowest BCUT2D eigenvalue weighted by Gasteiger charge is -2.37. The minimum atomic E-state index is -0.658. The van der Waals surface area contributed by atoms with Gasteiger partial charge in [-0.1, -0.05) is 19.9 Å². The summed E-state index contributed by atoms with van der Waals surface area (Å²) in [5.74, 6) is 1.05. The lowest BCUT2D eigenvalue weighted by Crippen LogP contribution is -2.56. The van der Waals surface area contributed by atoms with Crippen molar-refractivity contribution in [1.82, 2.24) is 10.2 Å². The number of urea groups is 1. The van der Waals surface area contributed by atoms with E-state index in [1.807, 2.05) is 38.1 Å². The van der Waals surface area contributed by atoms with E-state index in [2.05, 4.69) is 10.2 Å². The number of amides is 3. The Morgan fingerprint density at radius 2 is 1.92 bits per heavy atom. The summed E-state index contributed by atoms with van der Waals surface area (Å²) in [6.45, 7) is 6.75. The summed E-state index contributed by atoms with van der Waals surface area (Å²) in [7, 11) is 1.65. The molecular weight excluding hydrogens is 320 g/mol. The second kappa shape index (κ2) is 8.60. The highest BCUT2D eigenvalue weighted by Gasteiger charge is 2.28. The quantitative estimate of drug-likeness (QED) is 0.814. The fourth-order valence-electron chi connectivity index (χ4n) is 3.08. The summed E-state index contributed by atoms with van der Waals surface area (Å²) in [6.07, 6.45) is 0.581. The van der Waals surface area contributed by atoms with E-state index in [0.29, 0.717) is 25.4 Å². The number of ether oxygens (including phenoxy) is 1. The number of carbonyl (C=O) groups is 2. The van der Waals surface area contributed by atoms with E-state index in [9.17, 15) is 9.59 Å². The number of carbonyl (C=O) groups excluding carboxylic acids is 2. The van der Waals surface area contributed by atoms with E-state index in [4.69, 9.17) is 10.5 Å². The van der Waals surface area contributed by atoms with Crippen molar-refractivity contribution >= 4 is 17.6 Å². The molecule has 0 radical (unpaired) electrons. The Morgan fingerprint density at radius 1 is 1.24 bits per heavy atom. The minimum absolute atomic E-state index is 0.0576. The lowest BCUT2D eigenvalue weighted by atomic mass is 10.0. The van der Waals surface area contributed by atoms with Crippen LogP contribution >= 0.6 is 0 Å². The SMILES string of the molecule is COc1cccc(N2CCN(C(=O)[C@@H](CC(C)C)NC(N)=O)CC2)c1. The third-order valence-electron chi connectivity index (χ3n) is 4.33. The Bertz CT molecular complexity index is 598. The number of rotatable bonds is 6. The molecule has 0 unspecified atom stereocenters. The number of nitrogens with one attached hydrogen (secondary N) is 1.